The second-order valence-corrected chi connectivity index (χ2v) is 4.32. The maximum Gasteiger partial charge on any atom is 0.437 e. The number of hydrogen-bond acceptors (Lipinski definition) is 6. The molecule has 0 radical (unpaired) electrons. The number of amides is 1. The molecule has 0 spiro atoms. The van der Waals surface area contributed by atoms with Gasteiger partial charge < -0.3 is 4.74 Å². The number of aromatic nitrogens is 1. The largest absolute Gasteiger partial charge is 0.462 e. The number of pyridine rings is 1. The summed E-state index contributed by atoms with van der Waals surface area (Å²) < 4.78 is 4.87. The lowest BCUT2D eigenvalue weighted by Crippen LogP contribution is -2.11. The number of ether oxygens (including phenoxy) is 1. The molecule has 0 aliphatic carbocycles. The smallest absolute Gasteiger partial charge is 0.437 e. The van der Waals surface area contributed by atoms with Gasteiger partial charge in [0, 0.05) is 18.1 Å². The van der Waals surface area contributed by atoms with E-state index in [1.807, 2.05) is 0 Å². The predicted molar refractivity (Wildman–Crippen MR) is 84.3 cm³/mol. The van der Waals surface area contributed by atoms with Crippen LogP contribution in [0.5, 0.6) is 0 Å². The van der Waals surface area contributed by atoms with Crippen molar-refractivity contribution in [3.63, 3.8) is 0 Å². The van der Waals surface area contributed by atoms with E-state index in [0.29, 0.717) is 17.9 Å². The summed E-state index contributed by atoms with van der Waals surface area (Å²) in [5.41, 5.74) is 1.63. The summed E-state index contributed by atoms with van der Waals surface area (Å²) in [5, 5.41) is 6.06. The molecule has 0 bridgehead atoms. The van der Waals surface area contributed by atoms with Crippen LogP contribution in [0.3, 0.4) is 0 Å². The highest BCUT2D eigenvalue weighted by atomic mass is 16.7. The highest BCUT2D eigenvalue weighted by Gasteiger charge is 2.07. The van der Waals surface area contributed by atoms with Crippen LogP contribution in [0.1, 0.15) is 22.8 Å². The Hall–Kier alpha value is -3.22. The Kier molecular flexibility index (Phi) is 5.81. The van der Waals surface area contributed by atoms with Crippen LogP contribution in [0.2, 0.25) is 0 Å². The number of rotatable bonds is 5. The molecule has 1 N–H and O–H groups in total. The summed E-state index contributed by atoms with van der Waals surface area (Å²) in [6.07, 6.45) is 3.86. The summed E-state index contributed by atoms with van der Waals surface area (Å²) in [6, 6.07) is 9.68. The van der Waals surface area contributed by atoms with Gasteiger partial charge >= 0.3 is 12.1 Å². The fourth-order valence-corrected chi connectivity index (χ4v) is 1.63. The molecule has 1 aromatic carbocycles. The molecule has 1 aromatic heterocycles. The van der Waals surface area contributed by atoms with Crippen LogP contribution in [0.15, 0.2) is 53.9 Å². The molecule has 2 aromatic rings. The first kappa shape index (κ1) is 16.2. The van der Waals surface area contributed by atoms with Gasteiger partial charge in [-0.05, 0) is 48.9 Å². The van der Waals surface area contributed by atoms with Gasteiger partial charge in [0.25, 0.3) is 0 Å². The van der Waals surface area contributed by atoms with E-state index in [1.165, 1.54) is 6.21 Å². The Labute approximate surface area is 132 Å². The Morgan fingerprint density at radius 3 is 2.52 bits per heavy atom. The number of carbonyl (C=O) groups excluding carboxylic acids is 2. The summed E-state index contributed by atoms with van der Waals surface area (Å²) in [4.78, 5) is 31.6. The SMILES string of the molecule is CCOC(=O)c1ccc(NC(=O)O/N=C/c2ccncc2)cc1. The molecular weight excluding hydrogens is 298 g/mol. The van der Waals surface area contributed by atoms with E-state index in [1.54, 1.807) is 55.7 Å². The van der Waals surface area contributed by atoms with Crippen LogP contribution in [-0.4, -0.2) is 29.9 Å². The van der Waals surface area contributed by atoms with Crippen molar-refractivity contribution in [2.24, 2.45) is 5.16 Å². The predicted octanol–water partition coefficient (Wildman–Crippen LogP) is 2.84. The zero-order valence-corrected chi connectivity index (χ0v) is 12.4. The molecule has 0 aliphatic heterocycles. The van der Waals surface area contributed by atoms with E-state index in [2.05, 4.69) is 20.3 Å². The average molecular weight is 313 g/mol. The minimum absolute atomic E-state index is 0.306. The molecule has 7 nitrogen and oxygen atoms in total. The Balaban J connectivity index is 1.85. The van der Waals surface area contributed by atoms with Crippen LogP contribution in [0.4, 0.5) is 10.5 Å². The molecule has 0 unspecified atom stereocenters. The van der Waals surface area contributed by atoms with E-state index in [9.17, 15) is 9.59 Å². The van der Waals surface area contributed by atoms with Gasteiger partial charge in [0.1, 0.15) is 0 Å². The number of nitrogens with zero attached hydrogens (tertiary/aromatic N) is 2. The van der Waals surface area contributed by atoms with Gasteiger partial charge in [-0.1, -0.05) is 5.16 Å². The van der Waals surface area contributed by atoms with Crippen molar-refractivity contribution < 1.29 is 19.2 Å². The molecule has 23 heavy (non-hydrogen) atoms. The first-order valence-electron chi connectivity index (χ1n) is 6.87. The number of benzene rings is 1. The van der Waals surface area contributed by atoms with Gasteiger partial charge in [-0.2, -0.15) is 0 Å². The zero-order valence-electron chi connectivity index (χ0n) is 12.4. The van der Waals surface area contributed by atoms with Crippen molar-refractivity contribution in [3.8, 4) is 0 Å². The molecule has 2 rings (SSSR count). The lowest BCUT2D eigenvalue weighted by molar-refractivity contribution is 0.0526. The fourth-order valence-electron chi connectivity index (χ4n) is 1.63. The zero-order chi connectivity index (χ0) is 16.5. The molecule has 0 atom stereocenters. The van der Waals surface area contributed by atoms with E-state index in [0.717, 1.165) is 5.56 Å². The Morgan fingerprint density at radius 1 is 1.17 bits per heavy atom. The van der Waals surface area contributed by atoms with Gasteiger partial charge in [-0.15, -0.1) is 0 Å². The number of carbonyl (C=O) groups is 2. The van der Waals surface area contributed by atoms with Crippen molar-refractivity contribution in [1.29, 1.82) is 0 Å². The van der Waals surface area contributed by atoms with Crippen LogP contribution in [-0.2, 0) is 9.57 Å². The van der Waals surface area contributed by atoms with Crippen molar-refractivity contribution in [3.05, 3.63) is 59.9 Å². The third-order valence-electron chi connectivity index (χ3n) is 2.69. The van der Waals surface area contributed by atoms with E-state index >= 15 is 0 Å². The maximum absolute atomic E-state index is 11.6. The van der Waals surface area contributed by atoms with Crippen LogP contribution in [0.25, 0.3) is 0 Å². The van der Waals surface area contributed by atoms with Gasteiger partial charge in [0.05, 0.1) is 18.4 Å². The van der Waals surface area contributed by atoms with Gasteiger partial charge in [0.15, 0.2) is 0 Å². The third kappa shape index (κ3) is 5.24. The standard InChI is InChI=1S/C16H15N3O4/c1-2-22-15(20)13-3-5-14(6-4-13)19-16(21)23-18-11-12-7-9-17-10-8-12/h3-11H,2H2,1H3,(H,19,21)/b18-11+. The summed E-state index contributed by atoms with van der Waals surface area (Å²) in [6.45, 7) is 2.04. The number of anilines is 1. The molecule has 0 saturated heterocycles. The van der Waals surface area contributed by atoms with Crippen molar-refractivity contribution in [2.75, 3.05) is 11.9 Å². The number of oxime groups is 1. The maximum atomic E-state index is 11.6. The second kappa shape index (κ2) is 8.28. The number of esters is 1. The minimum atomic E-state index is -0.737. The summed E-state index contributed by atoms with van der Waals surface area (Å²) in [7, 11) is 0. The molecule has 7 heteroatoms. The average Bonchev–Trinajstić information content (AvgIpc) is 2.57. The van der Waals surface area contributed by atoms with E-state index < -0.39 is 12.1 Å². The number of hydrogen-bond donors (Lipinski definition) is 1. The molecule has 0 fully saturated rings. The summed E-state index contributed by atoms with van der Waals surface area (Å²) in [5.74, 6) is -0.413. The van der Waals surface area contributed by atoms with Gasteiger partial charge in [-0.3, -0.25) is 15.1 Å². The molecule has 1 amide bonds. The first-order valence-corrected chi connectivity index (χ1v) is 6.87. The Bertz CT molecular complexity index is 684. The topological polar surface area (TPSA) is 89.9 Å². The number of nitrogens with one attached hydrogen (secondary N) is 1. The third-order valence-corrected chi connectivity index (χ3v) is 2.69. The van der Waals surface area contributed by atoms with E-state index in [-0.39, 0.29) is 0 Å². The van der Waals surface area contributed by atoms with Crippen LogP contribution in [0, 0.1) is 0 Å². The van der Waals surface area contributed by atoms with E-state index in [4.69, 9.17) is 4.74 Å². The first-order chi connectivity index (χ1) is 11.2. The van der Waals surface area contributed by atoms with Crippen LogP contribution >= 0.6 is 0 Å². The van der Waals surface area contributed by atoms with Crippen molar-refractivity contribution in [1.82, 2.24) is 4.98 Å². The monoisotopic (exact) mass is 313 g/mol. The molecule has 118 valence electrons. The quantitative estimate of drug-likeness (QED) is 0.397. The molecule has 0 aliphatic rings. The second-order valence-electron chi connectivity index (χ2n) is 4.32. The highest BCUT2D eigenvalue weighted by Crippen LogP contribution is 2.11. The minimum Gasteiger partial charge on any atom is -0.462 e. The molecular formula is C16H15N3O4. The van der Waals surface area contributed by atoms with Gasteiger partial charge in [0.2, 0.25) is 0 Å². The fraction of sp³-hybridized carbons (Fsp3) is 0.125. The Morgan fingerprint density at radius 2 is 1.87 bits per heavy atom. The van der Waals surface area contributed by atoms with Crippen LogP contribution < -0.4 is 5.32 Å². The molecule has 0 saturated carbocycles. The molecule has 1 heterocycles. The normalized spacial score (nSPS) is 10.3. The lowest BCUT2D eigenvalue weighted by Gasteiger charge is -2.04. The lowest BCUT2D eigenvalue weighted by atomic mass is 10.2. The van der Waals surface area contributed by atoms with Crippen molar-refractivity contribution >= 4 is 24.0 Å². The van der Waals surface area contributed by atoms with Crippen molar-refractivity contribution in [2.45, 2.75) is 6.92 Å². The van der Waals surface area contributed by atoms with Gasteiger partial charge in [-0.25, -0.2) is 9.59 Å². The highest BCUT2D eigenvalue weighted by molar-refractivity contribution is 5.91. The summed E-state index contributed by atoms with van der Waals surface area (Å²) >= 11 is 0.